The number of hydrogen-bond acceptors (Lipinski definition) is 2. The lowest BCUT2D eigenvalue weighted by molar-refractivity contribution is 0.549. The fourth-order valence-electron chi connectivity index (χ4n) is 2.14. The summed E-state index contributed by atoms with van der Waals surface area (Å²) in [4.78, 5) is 0. The zero-order valence-electron chi connectivity index (χ0n) is 10.7. The van der Waals surface area contributed by atoms with E-state index in [1.165, 1.54) is 11.1 Å². The third-order valence-electron chi connectivity index (χ3n) is 3.20. The molecule has 1 unspecified atom stereocenters. The zero-order valence-corrected chi connectivity index (χ0v) is 12.2. The van der Waals surface area contributed by atoms with E-state index in [1.807, 2.05) is 24.3 Å². The predicted octanol–water partition coefficient (Wildman–Crippen LogP) is 4.05. The van der Waals surface area contributed by atoms with Crippen LogP contribution in [0.25, 0.3) is 0 Å². The summed E-state index contributed by atoms with van der Waals surface area (Å²) in [5.41, 5.74) is 6.26. The van der Waals surface area contributed by atoms with Gasteiger partial charge in [0, 0.05) is 10.0 Å². The van der Waals surface area contributed by atoms with Crippen molar-refractivity contribution < 1.29 is 0 Å². The molecule has 2 aromatic carbocycles. The van der Waals surface area contributed by atoms with Gasteiger partial charge in [-0.3, -0.25) is 11.3 Å². The van der Waals surface area contributed by atoms with Gasteiger partial charge in [0.15, 0.2) is 0 Å². The van der Waals surface area contributed by atoms with Crippen LogP contribution in [-0.4, -0.2) is 0 Å². The fourth-order valence-corrected chi connectivity index (χ4v) is 2.63. The van der Waals surface area contributed by atoms with Crippen molar-refractivity contribution >= 4 is 23.2 Å². The Balaban J connectivity index is 2.27. The van der Waals surface area contributed by atoms with Gasteiger partial charge in [0.05, 0.1) is 6.04 Å². The molecule has 0 aliphatic heterocycles. The Bertz CT molecular complexity index is 570. The molecule has 0 aromatic heterocycles. The molecule has 0 aliphatic rings. The van der Waals surface area contributed by atoms with Crippen molar-refractivity contribution in [1.82, 2.24) is 5.43 Å². The molecule has 100 valence electrons. The second kappa shape index (κ2) is 6.40. The summed E-state index contributed by atoms with van der Waals surface area (Å²) >= 11 is 12.1. The minimum Gasteiger partial charge on any atom is -0.271 e. The molecular weight excluding hydrogens is 279 g/mol. The molecule has 0 radical (unpaired) electrons. The number of benzene rings is 2. The zero-order chi connectivity index (χ0) is 13.8. The summed E-state index contributed by atoms with van der Waals surface area (Å²) in [6, 6.07) is 13.7. The Kier molecular flexibility index (Phi) is 4.83. The summed E-state index contributed by atoms with van der Waals surface area (Å²) < 4.78 is 0. The molecule has 2 nitrogen and oxygen atoms in total. The van der Waals surface area contributed by atoms with Crippen LogP contribution in [-0.2, 0) is 6.42 Å². The highest BCUT2D eigenvalue weighted by Gasteiger charge is 2.14. The molecule has 0 saturated carbocycles. The molecule has 19 heavy (non-hydrogen) atoms. The molecule has 0 aliphatic carbocycles. The van der Waals surface area contributed by atoms with Crippen molar-refractivity contribution in [1.29, 1.82) is 0 Å². The van der Waals surface area contributed by atoms with Crippen LogP contribution in [0.3, 0.4) is 0 Å². The van der Waals surface area contributed by atoms with Gasteiger partial charge in [0.2, 0.25) is 0 Å². The normalized spacial score (nSPS) is 12.4. The maximum atomic E-state index is 6.20. The highest BCUT2D eigenvalue weighted by Crippen LogP contribution is 2.27. The van der Waals surface area contributed by atoms with E-state index in [0.717, 1.165) is 12.0 Å². The van der Waals surface area contributed by atoms with Crippen molar-refractivity contribution in [2.75, 3.05) is 0 Å². The van der Waals surface area contributed by atoms with Crippen molar-refractivity contribution in [3.8, 4) is 0 Å². The summed E-state index contributed by atoms with van der Waals surface area (Å²) in [5, 5.41) is 1.31. The molecule has 3 N–H and O–H groups in total. The highest BCUT2D eigenvalue weighted by atomic mass is 35.5. The number of hydrogen-bond donors (Lipinski definition) is 2. The second-order valence-corrected chi connectivity index (χ2v) is 5.36. The van der Waals surface area contributed by atoms with Gasteiger partial charge in [-0.05, 0) is 42.2 Å². The number of nitrogens with two attached hydrogens (primary N) is 1. The molecule has 0 heterocycles. The topological polar surface area (TPSA) is 38.0 Å². The van der Waals surface area contributed by atoms with E-state index < -0.39 is 0 Å². The number of nitrogens with one attached hydrogen (secondary N) is 1. The van der Waals surface area contributed by atoms with Crippen LogP contribution in [0.2, 0.25) is 10.0 Å². The van der Waals surface area contributed by atoms with Gasteiger partial charge in [0.25, 0.3) is 0 Å². The van der Waals surface area contributed by atoms with E-state index in [-0.39, 0.29) is 6.04 Å². The summed E-state index contributed by atoms with van der Waals surface area (Å²) in [7, 11) is 0. The minimum atomic E-state index is 0.0277. The van der Waals surface area contributed by atoms with Crippen LogP contribution >= 0.6 is 23.2 Å². The SMILES string of the molecule is Cc1ccccc1C(Cc1ccc(Cl)cc1Cl)NN. The van der Waals surface area contributed by atoms with Crippen LogP contribution in [0.4, 0.5) is 0 Å². The largest absolute Gasteiger partial charge is 0.271 e. The molecule has 4 heteroatoms. The molecule has 2 rings (SSSR count). The fraction of sp³-hybridized carbons (Fsp3) is 0.200. The van der Waals surface area contributed by atoms with Crippen molar-refractivity contribution in [2.24, 2.45) is 5.84 Å². The lowest BCUT2D eigenvalue weighted by Crippen LogP contribution is -2.30. The van der Waals surface area contributed by atoms with E-state index >= 15 is 0 Å². The van der Waals surface area contributed by atoms with Gasteiger partial charge in [-0.15, -0.1) is 0 Å². The van der Waals surface area contributed by atoms with Crippen LogP contribution in [0.1, 0.15) is 22.7 Å². The first-order valence-corrected chi connectivity index (χ1v) is 6.83. The summed E-state index contributed by atoms with van der Waals surface area (Å²) in [6.07, 6.45) is 0.720. The first-order valence-electron chi connectivity index (χ1n) is 6.07. The molecule has 0 fully saturated rings. The van der Waals surface area contributed by atoms with E-state index in [4.69, 9.17) is 29.0 Å². The standard InChI is InChI=1S/C15H16Cl2N2/c1-10-4-2-3-5-13(10)15(19-18)8-11-6-7-12(16)9-14(11)17/h2-7,9,15,19H,8,18H2,1H3. The van der Waals surface area contributed by atoms with Crippen LogP contribution in [0, 0.1) is 6.92 Å². The first-order chi connectivity index (χ1) is 9.11. The Hall–Kier alpha value is -1.06. The van der Waals surface area contributed by atoms with E-state index in [2.05, 4.69) is 24.5 Å². The molecular formula is C15H16Cl2N2. The van der Waals surface area contributed by atoms with Crippen LogP contribution < -0.4 is 11.3 Å². The quantitative estimate of drug-likeness (QED) is 0.659. The van der Waals surface area contributed by atoms with E-state index in [1.54, 1.807) is 6.07 Å². The average Bonchev–Trinajstić information content (AvgIpc) is 2.39. The monoisotopic (exact) mass is 294 g/mol. The third-order valence-corrected chi connectivity index (χ3v) is 3.79. The van der Waals surface area contributed by atoms with Crippen LogP contribution in [0.5, 0.6) is 0 Å². The number of halogens is 2. The third kappa shape index (κ3) is 3.48. The van der Waals surface area contributed by atoms with Gasteiger partial charge in [0.1, 0.15) is 0 Å². The van der Waals surface area contributed by atoms with Gasteiger partial charge >= 0.3 is 0 Å². The molecule has 0 spiro atoms. The first kappa shape index (κ1) is 14.4. The smallest absolute Gasteiger partial charge is 0.0503 e. The van der Waals surface area contributed by atoms with Gasteiger partial charge in [-0.1, -0.05) is 53.5 Å². The number of rotatable bonds is 4. The number of hydrazine groups is 1. The maximum Gasteiger partial charge on any atom is 0.0503 e. The summed E-state index contributed by atoms with van der Waals surface area (Å²) in [5.74, 6) is 5.68. The predicted molar refractivity (Wildman–Crippen MR) is 81.4 cm³/mol. The minimum absolute atomic E-state index is 0.0277. The Morgan fingerprint density at radius 1 is 1.16 bits per heavy atom. The van der Waals surface area contributed by atoms with Crippen molar-refractivity contribution in [3.63, 3.8) is 0 Å². The average molecular weight is 295 g/mol. The Morgan fingerprint density at radius 3 is 2.53 bits per heavy atom. The van der Waals surface area contributed by atoms with Crippen LogP contribution in [0.15, 0.2) is 42.5 Å². The number of aryl methyl sites for hydroxylation is 1. The Labute approximate surface area is 123 Å². The van der Waals surface area contributed by atoms with Gasteiger partial charge in [-0.25, -0.2) is 0 Å². The lowest BCUT2D eigenvalue weighted by Gasteiger charge is -2.19. The molecule has 0 bridgehead atoms. The van der Waals surface area contributed by atoms with Gasteiger partial charge < -0.3 is 0 Å². The van der Waals surface area contributed by atoms with Crippen molar-refractivity contribution in [3.05, 3.63) is 69.2 Å². The Morgan fingerprint density at radius 2 is 1.89 bits per heavy atom. The van der Waals surface area contributed by atoms with E-state index in [0.29, 0.717) is 10.0 Å². The molecule has 0 amide bonds. The lowest BCUT2D eigenvalue weighted by atomic mass is 9.96. The molecule has 2 aromatic rings. The highest BCUT2D eigenvalue weighted by molar-refractivity contribution is 6.35. The van der Waals surface area contributed by atoms with Crippen molar-refractivity contribution in [2.45, 2.75) is 19.4 Å². The maximum absolute atomic E-state index is 6.20. The summed E-state index contributed by atoms with van der Waals surface area (Å²) in [6.45, 7) is 2.07. The van der Waals surface area contributed by atoms with E-state index in [9.17, 15) is 0 Å². The molecule has 0 saturated heterocycles. The van der Waals surface area contributed by atoms with Gasteiger partial charge in [-0.2, -0.15) is 0 Å². The second-order valence-electron chi connectivity index (χ2n) is 4.52. The molecule has 1 atom stereocenters.